The van der Waals surface area contributed by atoms with Crippen molar-refractivity contribution in [2.24, 2.45) is 0 Å². The Kier molecular flexibility index (Phi) is 3.29. The molecule has 1 fully saturated rings. The molecule has 2 heterocycles. The lowest BCUT2D eigenvalue weighted by molar-refractivity contribution is -0.117. The zero-order chi connectivity index (χ0) is 13.2. The van der Waals surface area contributed by atoms with E-state index in [0.717, 1.165) is 12.2 Å². The van der Waals surface area contributed by atoms with Gasteiger partial charge in [0.15, 0.2) is 0 Å². The van der Waals surface area contributed by atoms with E-state index in [0.29, 0.717) is 13.0 Å². The summed E-state index contributed by atoms with van der Waals surface area (Å²) in [6.07, 6.45) is 4.23. The topological polar surface area (TPSA) is 38.1 Å². The van der Waals surface area contributed by atoms with Gasteiger partial charge in [-0.1, -0.05) is 12.1 Å². The molecule has 1 unspecified atom stereocenters. The highest BCUT2D eigenvalue weighted by Gasteiger charge is 2.27. The third-order valence-corrected chi connectivity index (χ3v) is 3.60. The highest BCUT2D eigenvalue weighted by Crippen LogP contribution is 2.24. The number of carbonyl (C=O) groups excluding carboxylic acids is 1. The Hall–Kier alpha value is -1.75. The fourth-order valence-electron chi connectivity index (χ4n) is 2.30. The lowest BCUT2D eigenvalue weighted by Crippen LogP contribution is -2.24. The number of benzene rings is 1. The Bertz CT molecular complexity index is 565. The maximum atomic E-state index is 11.8. The Morgan fingerprint density at radius 1 is 1.32 bits per heavy atom. The van der Waals surface area contributed by atoms with E-state index in [1.807, 2.05) is 41.2 Å². The van der Waals surface area contributed by atoms with Crippen LogP contribution in [-0.2, 0) is 11.3 Å². The minimum atomic E-state index is 0.149. The normalized spacial score (nSPS) is 19.1. The van der Waals surface area contributed by atoms with E-state index in [-0.39, 0.29) is 11.2 Å². The first-order valence-electron chi connectivity index (χ1n) is 6.27. The van der Waals surface area contributed by atoms with Crippen LogP contribution in [0.15, 0.2) is 42.7 Å². The predicted molar refractivity (Wildman–Crippen MR) is 77.5 cm³/mol. The zero-order valence-corrected chi connectivity index (χ0v) is 11.3. The van der Waals surface area contributed by atoms with Gasteiger partial charge in [0, 0.05) is 36.3 Å². The summed E-state index contributed by atoms with van der Waals surface area (Å²) in [4.78, 5) is 13.6. The smallest absolute Gasteiger partial charge is 0.228 e. The molecule has 1 aliphatic rings. The molecular formula is C14H15N3OS. The minimum absolute atomic E-state index is 0.149. The molecule has 0 saturated carbocycles. The Morgan fingerprint density at radius 2 is 2.11 bits per heavy atom. The van der Waals surface area contributed by atoms with Gasteiger partial charge in [-0.2, -0.15) is 17.7 Å². The minimum Gasteiger partial charge on any atom is -0.311 e. The molecule has 0 radical (unpaired) electrons. The van der Waals surface area contributed by atoms with Gasteiger partial charge in [0.1, 0.15) is 0 Å². The molecule has 1 saturated heterocycles. The van der Waals surface area contributed by atoms with Gasteiger partial charge in [-0.05, 0) is 23.8 Å². The molecule has 2 aromatic rings. The van der Waals surface area contributed by atoms with Crippen LogP contribution in [0.5, 0.6) is 0 Å². The van der Waals surface area contributed by atoms with Gasteiger partial charge in [-0.15, -0.1) is 0 Å². The fraction of sp³-hybridized carbons (Fsp3) is 0.286. The zero-order valence-electron chi connectivity index (χ0n) is 10.4. The SMILES string of the molecule is O=C1CC(S)CN1c1ccc(Cn2cccn2)cc1. The molecule has 3 rings (SSSR count). The van der Waals surface area contributed by atoms with Gasteiger partial charge in [-0.25, -0.2) is 0 Å². The summed E-state index contributed by atoms with van der Waals surface area (Å²) >= 11 is 4.37. The highest BCUT2D eigenvalue weighted by molar-refractivity contribution is 7.81. The first kappa shape index (κ1) is 12.3. The molecule has 1 aromatic carbocycles. The fourth-order valence-corrected chi connectivity index (χ4v) is 2.62. The van der Waals surface area contributed by atoms with Crippen LogP contribution in [0.2, 0.25) is 0 Å². The van der Waals surface area contributed by atoms with Crippen molar-refractivity contribution in [3.8, 4) is 0 Å². The molecule has 1 aromatic heterocycles. The van der Waals surface area contributed by atoms with Gasteiger partial charge in [0.05, 0.1) is 6.54 Å². The van der Waals surface area contributed by atoms with Crippen molar-refractivity contribution in [3.63, 3.8) is 0 Å². The number of rotatable bonds is 3. The van der Waals surface area contributed by atoms with E-state index in [2.05, 4.69) is 17.7 Å². The van der Waals surface area contributed by atoms with Gasteiger partial charge < -0.3 is 4.90 Å². The lowest BCUT2D eigenvalue weighted by atomic mass is 10.2. The monoisotopic (exact) mass is 273 g/mol. The Morgan fingerprint density at radius 3 is 2.68 bits per heavy atom. The number of anilines is 1. The van der Waals surface area contributed by atoms with Crippen LogP contribution in [0, 0.1) is 0 Å². The summed E-state index contributed by atoms with van der Waals surface area (Å²) in [7, 11) is 0. The first-order valence-corrected chi connectivity index (χ1v) is 6.79. The molecule has 0 N–H and O–H groups in total. The molecule has 1 aliphatic heterocycles. The Balaban J connectivity index is 1.74. The first-order chi connectivity index (χ1) is 9.22. The molecule has 0 spiro atoms. The second-order valence-electron chi connectivity index (χ2n) is 4.73. The quantitative estimate of drug-likeness (QED) is 0.868. The highest BCUT2D eigenvalue weighted by atomic mass is 32.1. The summed E-state index contributed by atoms with van der Waals surface area (Å²) in [6.45, 7) is 1.44. The third-order valence-electron chi connectivity index (χ3n) is 3.26. The number of thiol groups is 1. The summed E-state index contributed by atoms with van der Waals surface area (Å²) in [5.41, 5.74) is 2.12. The molecule has 19 heavy (non-hydrogen) atoms. The summed E-state index contributed by atoms with van der Waals surface area (Å²) < 4.78 is 1.87. The maximum absolute atomic E-state index is 11.8. The second kappa shape index (κ2) is 5.09. The number of amides is 1. The van der Waals surface area contributed by atoms with E-state index < -0.39 is 0 Å². The van der Waals surface area contributed by atoms with Crippen molar-refractivity contribution in [3.05, 3.63) is 48.3 Å². The molecule has 1 atom stereocenters. The lowest BCUT2D eigenvalue weighted by Gasteiger charge is -2.16. The van der Waals surface area contributed by atoms with Crippen LogP contribution >= 0.6 is 12.6 Å². The van der Waals surface area contributed by atoms with Gasteiger partial charge >= 0.3 is 0 Å². The summed E-state index contributed by atoms with van der Waals surface area (Å²) in [5, 5.41) is 4.32. The third kappa shape index (κ3) is 2.66. The Labute approximate surface area is 117 Å². The van der Waals surface area contributed by atoms with E-state index in [1.54, 1.807) is 11.1 Å². The van der Waals surface area contributed by atoms with Gasteiger partial charge in [0.2, 0.25) is 5.91 Å². The molecular weight excluding hydrogens is 258 g/mol. The van der Waals surface area contributed by atoms with Crippen LogP contribution in [0.25, 0.3) is 0 Å². The van der Waals surface area contributed by atoms with Crippen LogP contribution in [0.4, 0.5) is 5.69 Å². The van der Waals surface area contributed by atoms with Crippen molar-refractivity contribution >= 4 is 24.2 Å². The van der Waals surface area contributed by atoms with E-state index in [4.69, 9.17) is 0 Å². The number of nitrogens with zero attached hydrogens (tertiary/aromatic N) is 3. The van der Waals surface area contributed by atoms with Crippen LogP contribution in [0.1, 0.15) is 12.0 Å². The molecule has 0 bridgehead atoms. The standard InChI is InChI=1S/C14H15N3OS/c18-14-8-13(19)10-17(14)12-4-2-11(3-5-12)9-16-7-1-6-15-16/h1-7,13,19H,8-10H2. The van der Waals surface area contributed by atoms with E-state index >= 15 is 0 Å². The van der Waals surface area contributed by atoms with Crippen LogP contribution in [0.3, 0.4) is 0 Å². The summed E-state index contributed by atoms with van der Waals surface area (Å²) in [6, 6.07) is 9.96. The van der Waals surface area contributed by atoms with Crippen molar-refractivity contribution in [2.45, 2.75) is 18.2 Å². The van der Waals surface area contributed by atoms with Gasteiger partial charge in [-0.3, -0.25) is 9.48 Å². The number of carbonyl (C=O) groups is 1. The number of hydrogen-bond donors (Lipinski definition) is 1. The number of hydrogen-bond acceptors (Lipinski definition) is 3. The number of aromatic nitrogens is 2. The van der Waals surface area contributed by atoms with Crippen molar-refractivity contribution in [2.75, 3.05) is 11.4 Å². The van der Waals surface area contributed by atoms with E-state index in [9.17, 15) is 4.79 Å². The van der Waals surface area contributed by atoms with Crippen LogP contribution < -0.4 is 4.90 Å². The van der Waals surface area contributed by atoms with E-state index in [1.165, 1.54) is 5.56 Å². The molecule has 1 amide bonds. The van der Waals surface area contributed by atoms with Crippen LogP contribution in [-0.4, -0.2) is 27.5 Å². The average molecular weight is 273 g/mol. The summed E-state index contributed by atoms with van der Waals surface area (Å²) in [5.74, 6) is 0.153. The second-order valence-corrected chi connectivity index (χ2v) is 5.46. The molecule has 98 valence electrons. The van der Waals surface area contributed by atoms with Crippen molar-refractivity contribution in [1.29, 1.82) is 0 Å². The molecule has 4 nitrogen and oxygen atoms in total. The molecule has 5 heteroatoms. The largest absolute Gasteiger partial charge is 0.311 e. The average Bonchev–Trinajstić information content (AvgIpc) is 3.00. The molecule has 0 aliphatic carbocycles. The van der Waals surface area contributed by atoms with Crippen molar-refractivity contribution < 1.29 is 4.79 Å². The predicted octanol–water partition coefficient (Wildman–Crippen LogP) is 1.97. The maximum Gasteiger partial charge on any atom is 0.228 e. The van der Waals surface area contributed by atoms with Crippen molar-refractivity contribution in [1.82, 2.24) is 9.78 Å². The van der Waals surface area contributed by atoms with Gasteiger partial charge in [0.25, 0.3) is 0 Å².